The summed E-state index contributed by atoms with van der Waals surface area (Å²) in [6, 6.07) is 0. The van der Waals surface area contributed by atoms with Gasteiger partial charge >= 0.3 is 0 Å². The van der Waals surface area contributed by atoms with Gasteiger partial charge in [-0.25, -0.2) is 0 Å². The van der Waals surface area contributed by atoms with Gasteiger partial charge in [0, 0.05) is 24.6 Å². The Morgan fingerprint density at radius 1 is 0.611 bits per heavy atom. The van der Waals surface area contributed by atoms with Crippen molar-refractivity contribution in [3.05, 3.63) is 0 Å². The van der Waals surface area contributed by atoms with Crippen LogP contribution >= 0.6 is 21.6 Å². The first kappa shape index (κ1) is 18.5. The van der Waals surface area contributed by atoms with E-state index >= 15 is 0 Å². The lowest BCUT2D eigenvalue weighted by Crippen LogP contribution is -2.20. The highest BCUT2D eigenvalue weighted by Crippen LogP contribution is 2.19. The molecule has 0 aliphatic rings. The number of hydrogen-bond donors (Lipinski definition) is 4. The molecule has 4 nitrogen and oxygen atoms in total. The molecule has 0 heterocycles. The number of nitrogens with two attached hydrogens (primary N) is 2. The zero-order chi connectivity index (χ0) is 13.3. The van der Waals surface area contributed by atoms with Crippen LogP contribution in [0.1, 0.15) is 25.7 Å². The monoisotopic (exact) mass is 294 g/mol. The van der Waals surface area contributed by atoms with Crippen molar-refractivity contribution in [1.82, 2.24) is 10.6 Å². The Morgan fingerprint density at radius 2 is 1.06 bits per heavy atom. The summed E-state index contributed by atoms with van der Waals surface area (Å²) in [4.78, 5) is 0. The molecule has 0 aliphatic carbocycles. The Labute approximate surface area is 120 Å². The molecular weight excluding hydrogens is 264 g/mol. The summed E-state index contributed by atoms with van der Waals surface area (Å²) in [5.41, 5.74) is 10.9. The van der Waals surface area contributed by atoms with Crippen LogP contribution in [0.15, 0.2) is 0 Å². The molecule has 0 aromatic rings. The molecule has 6 heteroatoms. The van der Waals surface area contributed by atoms with E-state index in [1.54, 1.807) is 0 Å². The maximum atomic E-state index is 5.43. The number of nitrogens with one attached hydrogen (secondary N) is 2. The molecule has 0 aromatic carbocycles. The average Bonchev–Trinajstić information content (AvgIpc) is 2.39. The van der Waals surface area contributed by atoms with E-state index in [0.29, 0.717) is 0 Å². The number of rotatable bonds is 15. The highest BCUT2D eigenvalue weighted by atomic mass is 33.1. The van der Waals surface area contributed by atoms with E-state index in [1.165, 1.54) is 24.3 Å². The highest BCUT2D eigenvalue weighted by Gasteiger charge is 1.92. The van der Waals surface area contributed by atoms with Gasteiger partial charge in [0.05, 0.1) is 0 Å². The van der Waals surface area contributed by atoms with Crippen LogP contribution in [0, 0.1) is 0 Å². The predicted molar refractivity (Wildman–Crippen MR) is 87.2 cm³/mol. The van der Waals surface area contributed by atoms with Gasteiger partial charge in [0.2, 0.25) is 0 Å². The Hall–Kier alpha value is 0.540. The lowest BCUT2D eigenvalue weighted by Gasteiger charge is -2.05. The fraction of sp³-hybridized carbons (Fsp3) is 1.00. The minimum Gasteiger partial charge on any atom is -0.330 e. The normalized spacial score (nSPS) is 11.0. The third-order valence-corrected chi connectivity index (χ3v) is 4.83. The van der Waals surface area contributed by atoms with E-state index in [4.69, 9.17) is 11.5 Å². The quantitative estimate of drug-likeness (QED) is 0.267. The first-order valence-corrected chi connectivity index (χ1v) is 9.46. The summed E-state index contributed by atoms with van der Waals surface area (Å²) in [7, 11) is 3.91. The van der Waals surface area contributed by atoms with Gasteiger partial charge in [-0.1, -0.05) is 21.6 Å². The van der Waals surface area contributed by atoms with E-state index < -0.39 is 0 Å². The van der Waals surface area contributed by atoms with Crippen molar-refractivity contribution >= 4 is 21.6 Å². The molecular formula is C12H30N4S2. The molecule has 0 unspecified atom stereocenters. The van der Waals surface area contributed by atoms with Crippen LogP contribution < -0.4 is 22.1 Å². The summed E-state index contributed by atoms with van der Waals surface area (Å²) in [6.45, 7) is 6.03. The van der Waals surface area contributed by atoms with E-state index in [9.17, 15) is 0 Å². The first-order valence-electron chi connectivity index (χ1n) is 6.97. The molecule has 0 atom stereocenters. The van der Waals surface area contributed by atoms with Crippen molar-refractivity contribution in [2.75, 3.05) is 50.8 Å². The predicted octanol–water partition coefficient (Wildman–Crippen LogP) is 1.02. The SMILES string of the molecule is NCCCCNCCSSCCNCCCCN. The van der Waals surface area contributed by atoms with Crippen molar-refractivity contribution in [3.8, 4) is 0 Å². The number of unbranched alkanes of at least 4 members (excludes halogenated alkanes) is 2. The molecule has 0 amide bonds. The largest absolute Gasteiger partial charge is 0.330 e. The summed E-state index contributed by atoms with van der Waals surface area (Å²) in [5, 5.41) is 6.86. The Morgan fingerprint density at radius 3 is 1.44 bits per heavy atom. The van der Waals surface area contributed by atoms with Gasteiger partial charge in [-0.2, -0.15) is 0 Å². The van der Waals surface area contributed by atoms with Gasteiger partial charge in [0.25, 0.3) is 0 Å². The minimum absolute atomic E-state index is 0.810. The summed E-state index contributed by atoms with van der Waals surface area (Å²) < 4.78 is 0. The van der Waals surface area contributed by atoms with Crippen LogP contribution in [-0.2, 0) is 0 Å². The topological polar surface area (TPSA) is 76.1 Å². The summed E-state index contributed by atoms with van der Waals surface area (Å²) in [5.74, 6) is 2.36. The van der Waals surface area contributed by atoms with Crippen molar-refractivity contribution < 1.29 is 0 Å². The molecule has 6 N–H and O–H groups in total. The van der Waals surface area contributed by atoms with Gasteiger partial charge in [-0.3, -0.25) is 0 Å². The van der Waals surface area contributed by atoms with Crippen LogP contribution in [-0.4, -0.2) is 50.8 Å². The zero-order valence-electron chi connectivity index (χ0n) is 11.5. The molecule has 110 valence electrons. The standard InChI is InChI=1S/C12H30N4S2/c13-5-1-3-7-15-9-11-17-18-12-10-16-8-4-2-6-14/h15-16H,1-14H2. The number of hydrogen-bond acceptors (Lipinski definition) is 6. The first-order chi connectivity index (χ1) is 8.91. The third kappa shape index (κ3) is 16.5. The fourth-order valence-electron chi connectivity index (χ4n) is 1.38. The second-order valence-corrected chi connectivity index (χ2v) is 6.84. The molecule has 0 fully saturated rings. The van der Waals surface area contributed by atoms with Crippen molar-refractivity contribution in [2.24, 2.45) is 11.5 Å². The summed E-state index contributed by atoms with van der Waals surface area (Å²) >= 11 is 0. The third-order valence-electron chi connectivity index (χ3n) is 2.42. The van der Waals surface area contributed by atoms with E-state index in [-0.39, 0.29) is 0 Å². The molecule has 0 radical (unpaired) electrons. The molecule has 0 rings (SSSR count). The molecule has 18 heavy (non-hydrogen) atoms. The molecule has 0 bridgehead atoms. The average molecular weight is 295 g/mol. The van der Waals surface area contributed by atoms with Crippen molar-refractivity contribution in [1.29, 1.82) is 0 Å². The van der Waals surface area contributed by atoms with Crippen LogP contribution in [0.25, 0.3) is 0 Å². The molecule has 0 spiro atoms. The fourth-order valence-corrected chi connectivity index (χ4v) is 3.28. The Balaban J connectivity index is 2.86. The Bertz CT molecular complexity index is 134. The lowest BCUT2D eigenvalue weighted by molar-refractivity contribution is 0.648. The van der Waals surface area contributed by atoms with Crippen LogP contribution in [0.5, 0.6) is 0 Å². The smallest absolute Gasteiger partial charge is 0.0162 e. The van der Waals surface area contributed by atoms with E-state index in [2.05, 4.69) is 10.6 Å². The van der Waals surface area contributed by atoms with E-state index in [1.807, 2.05) is 21.6 Å². The van der Waals surface area contributed by atoms with E-state index in [0.717, 1.165) is 52.1 Å². The van der Waals surface area contributed by atoms with Gasteiger partial charge in [-0.15, -0.1) is 0 Å². The second kappa shape index (κ2) is 17.5. The second-order valence-electron chi connectivity index (χ2n) is 4.14. The molecule has 0 aromatic heterocycles. The molecule has 0 saturated heterocycles. The molecule has 0 saturated carbocycles. The van der Waals surface area contributed by atoms with Gasteiger partial charge in [0.15, 0.2) is 0 Å². The van der Waals surface area contributed by atoms with Gasteiger partial charge in [-0.05, 0) is 51.9 Å². The van der Waals surface area contributed by atoms with Crippen molar-refractivity contribution in [2.45, 2.75) is 25.7 Å². The van der Waals surface area contributed by atoms with Crippen LogP contribution in [0.2, 0.25) is 0 Å². The van der Waals surface area contributed by atoms with Crippen LogP contribution in [0.3, 0.4) is 0 Å². The summed E-state index contributed by atoms with van der Waals surface area (Å²) in [6.07, 6.45) is 4.65. The van der Waals surface area contributed by atoms with Crippen molar-refractivity contribution in [3.63, 3.8) is 0 Å². The lowest BCUT2D eigenvalue weighted by atomic mass is 10.3. The van der Waals surface area contributed by atoms with Gasteiger partial charge in [0.1, 0.15) is 0 Å². The maximum Gasteiger partial charge on any atom is 0.0162 e. The Kier molecular flexibility index (Phi) is 18.1. The maximum absolute atomic E-state index is 5.43. The molecule has 0 aliphatic heterocycles. The van der Waals surface area contributed by atoms with Crippen LogP contribution in [0.4, 0.5) is 0 Å². The minimum atomic E-state index is 0.810. The van der Waals surface area contributed by atoms with Gasteiger partial charge < -0.3 is 22.1 Å². The zero-order valence-corrected chi connectivity index (χ0v) is 13.1. The highest BCUT2D eigenvalue weighted by molar-refractivity contribution is 8.76.